The SMILES string of the molecule is CCCN1CCC(C(C)(C)C2CC(N3CCN(C)CC3)C2)C1. The Morgan fingerprint density at radius 3 is 2.27 bits per heavy atom. The first-order valence-electron chi connectivity index (χ1n) is 9.65. The van der Waals surface area contributed by atoms with Crippen LogP contribution in [-0.4, -0.2) is 73.6 Å². The Hall–Kier alpha value is -0.120. The van der Waals surface area contributed by atoms with Crippen LogP contribution in [0, 0.1) is 17.3 Å². The molecule has 0 N–H and O–H groups in total. The average Bonchev–Trinajstić information content (AvgIpc) is 2.89. The number of rotatable bonds is 5. The minimum atomic E-state index is 0.547. The molecule has 3 rings (SSSR count). The molecule has 0 spiro atoms. The molecule has 0 aromatic heterocycles. The standard InChI is InChI=1S/C19H37N3/c1-5-7-21-8-6-16(15-21)19(2,3)17-13-18(14-17)22-11-9-20(4)10-12-22/h16-18H,5-15H2,1-4H3. The molecule has 1 saturated carbocycles. The van der Waals surface area contributed by atoms with E-state index in [9.17, 15) is 0 Å². The molecule has 2 aliphatic heterocycles. The molecule has 3 fully saturated rings. The maximum Gasteiger partial charge on any atom is 0.0113 e. The number of nitrogens with zero attached hydrogens (tertiary/aromatic N) is 3. The lowest BCUT2D eigenvalue weighted by Gasteiger charge is -2.53. The van der Waals surface area contributed by atoms with Crippen LogP contribution in [0.3, 0.4) is 0 Å². The van der Waals surface area contributed by atoms with E-state index in [4.69, 9.17) is 0 Å². The zero-order chi connectivity index (χ0) is 15.7. The van der Waals surface area contributed by atoms with E-state index in [0.29, 0.717) is 5.41 Å². The molecule has 2 saturated heterocycles. The van der Waals surface area contributed by atoms with E-state index in [1.807, 2.05) is 0 Å². The summed E-state index contributed by atoms with van der Waals surface area (Å²) in [4.78, 5) is 7.94. The Labute approximate surface area is 138 Å². The van der Waals surface area contributed by atoms with Gasteiger partial charge in [0.2, 0.25) is 0 Å². The Balaban J connectivity index is 1.47. The molecular weight excluding hydrogens is 270 g/mol. The fourth-order valence-electron chi connectivity index (χ4n) is 4.97. The quantitative estimate of drug-likeness (QED) is 0.773. The monoisotopic (exact) mass is 307 g/mol. The normalized spacial score (nSPS) is 35.7. The van der Waals surface area contributed by atoms with Crippen molar-refractivity contribution in [3.05, 3.63) is 0 Å². The van der Waals surface area contributed by atoms with Gasteiger partial charge in [-0.3, -0.25) is 4.90 Å². The summed E-state index contributed by atoms with van der Waals surface area (Å²) < 4.78 is 0. The zero-order valence-electron chi connectivity index (χ0n) is 15.4. The summed E-state index contributed by atoms with van der Waals surface area (Å²) in [6, 6.07) is 0.895. The first-order valence-corrected chi connectivity index (χ1v) is 9.65. The van der Waals surface area contributed by atoms with Gasteiger partial charge >= 0.3 is 0 Å². The second kappa shape index (κ2) is 6.78. The molecule has 0 radical (unpaired) electrons. The van der Waals surface area contributed by atoms with Crippen LogP contribution in [0.25, 0.3) is 0 Å². The van der Waals surface area contributed by atoms with Crippen molar-refractivity contribution in [3.8, 4) is 0 Å². The average molecular weight is 308 g/mol. The molecule has 0 aromatic carbocycles. The summed E-state index contributed by atoms with van der Waals surface area (Å²) in [7, 11) is 2.26. The van der Waals surface area contributed by atoms with Gasteiger partial charge < -0.3 is 9.80 Å². The Kier molecular flexibility index (Phi) is 5.16. The van der Waals surface area contributed by atoms with Gasteiger partial charge in [0.25, 0.3) is 0 Å². The van der Waals surface area contributed by atoms with Crippen LogP contribution in [0.2, 0.25) is 0 Å². The second-order valence-electron chi connectivity index (χ2n) is 8.77. The maximum absolute atomic E-state index is 2.77. The van der Waals surface area contributed by atoms with Crippen LogP contribution in [0.5, 0.6) is 0 Å². The van der Waals surface area contributed by atoms with Crippen molar-refractivity contribution in [1.29, 1.82) is 0 Å². The van der Waals surface area contributed by atoms with Gasteiger partial charge in [0.1, 0.15) is 0 Å². The molecule has 22 heavy (non-hydrogen) atoms. The maximum atomic E-state index is 2.77. The van der Waals surface area contributed by atoms with Gasteiger partial charge in [-0.2, -0.15) is 0 Å². The molecule has 0 bridgehead atoms. The third-order valence-corrected chi connectivity index (χ3v) is 7.08. The summed E-state index contributed by atoms with van der Waals surface area (Å²) in [5.74, 6) is 1.89. The van der Waals surface area contributed by atoms with Crippen molar-refractivity contribution >= 4 is 0 Å². The van der Waals surface area contributed by atoms with Crippen molar-refractivity contribution in [2.75, 3.05) is 52.9 Å². The summed E-state index contributed by atoms with van der Waals surface area (Å²) in [5, 5.41) is 0. The highest BCUT2D eigenvalue weighted by Gasteiger charge is 2.47. The highest BCUT2D eigenvalue weighted by molar-refractivity contribution is 4.99. The highest BCUT2D eigenvalue weighted by atomic mass is 15.3. The molecule has 1 atom stereocenters. The van der Waals surface area contributed by atoms with Crippen LogP contribution in [0.15, 0.2) is 0 Å². The van der Waals surface area contributed by atoms with Crippen LogP contribution in [-0.2, 0) is 0 Å². The fourth-order valence-corrected chi connectivity index (χ4v) is 4.97. The summed E-state index contributed by atoms with van der Waals surface area (Å²) in [6.07, 6.45) is 5.66. The summed E-state index contributed by atoms with van der Waals surface area (Å²) in [5.41, 5.74) is 0.547. The first-order chi connectivity index (χ1) is 10.5. The van der Waals surface area contributed by atoms with Crippen molar-refractivity contribution in [2.24, 2.45) is 17.3 Å². The number of piperazine rings is 1. The van der Waals surface area contributed by atoms with Gasteiger partial charge in [-0.05, 0) is 63.1 Å². The van der Waals surface area contributed by atoms with E-state index in [2.05, 4.69) is 42.5 Å². The van der Waals surface area contributed by atoms with Crippen LogP contribution >= 0.6 is 0 Å². The predicted octanol–water partition coefficient (Wildman–Crippen LogP) is 2.77. The number of hydrogen-bond acceptors (Lipinski definition) is 3. The van der Waals surface area contributed by atoms with E-state index in [1.165, 1.54) is 71.5 Å². The Morgan fingerprint density at radius 2 is 1.64 bits per heavy atom. The van der Waals surface area contributed by atoms with E-state index in [1.54, 1.807) is 0 Å². The van der Waals surface area contributed by atoms with Crippen LogP contribution in [0.1, 0.15) is 46.5 Å². The summed E-state index contributed by atoms with van der Waals surface area (Å²) >= 11 is 0. The molecule has 3 heteroatoms. The van der Waals surface area contributed by atoms with Crippen molar-refractivity contribution in [2.45, 2.75) is 52.5 Å². The lowest BCUT2D eigenvalue weighted by molar-refractivity contribution is -0.0277. The van der Waals surface area contributed by atoms with Gasteiger partial charge in [0.05, 0.1) is 0 Å². The Bertz CT molecular complexity index is 354. The van der Waals surface area contributed by atoms with E-state index in [-0.39, 0.29) is 0 Å². The van der Waals surface area contributed by atoms with Crippen molar-refractivity contribution in [3.63, 3.8) is 0 Å². The third kappa shape index (κ3) is 3.37. The molecule has 1 unspecified atom stereocenters. The topological polar surface area (TPSA) is 9.72 Å². The molecule has 1 aliphatic carbocycles. The highest BCUT2D eigenvalue weighted by Crippen LogP contribution is 2.50. The van der Waals surface area contributed by atoms with Crippen molar-refractivity contribution in [1.82, 2.24) is 14.7 Å². The van der Waals surface area contributed by atoms with E-state index in [0.717, 1.165) is 17.9 Å². The predicted molar refractivity (Wildman–Crippen MR) is 94.2 cm³/mol. The zero-order valence-corrected chi connectivity index (χ0v) is 15.4. The van der Waals surface area contributed by atoms with Gasteiger partial charge in [-0.1, -0.05) is 20.8 Å². The molecule has 3 aliphatic rings. The molecule has 3 nitrogen and oxygen atoms in total. The lowest BCUT2D eigenvalue weighted by atomic mass is 9.59. The van der Waals surface area contributed by atoms with Gasteiger partial charge in [-0.25, -0.2) is 0 Å². The first kappa shape index (κ1) is 16.7. The van der Waals surface area contributed by atoms with Crippen LogP contribution in [0.4, 0.5) is 0 Å². The lowest BCUT2D eigenvalue weighted by Crippen LogP contribution is -2.56. The molecule has 128 valence electrons. The minimum Gasteiger partial charge on any atom is -0.304 e. The van der Waals surface area contributed by atoms with E-state index < -0.39 is 0 Å². The summed E-state index contributed by atoms with van der Waals surface area (Å²) in [6.45, 7) is 16.6. The number of likely N-dealkylation sites (N-methyl/N-ethyl adjacent to an activating group) is 1. The molecule has 0 aromatic rings. The fraction of sp³-hybridized carbons (Fsp3) is 1.00. The molecule has 0 amide bonds. The van der Waals surface area contributed by atoms with Crippen LogP contribution < -0.4 is 0 Å². The van der Waals surface area contributed by atoms with Crippen molar-refractivity contribution < 1.29 is 0 Å². The molecular formula is C19H37N3. The third-order valence-electron chi connectivity index (χ3n) is 7.08. The van der Waals surface area contributed by atoms with Gasteiger partial charge in [0, 0.05) is 38.8 Å². The van der Waals surface area contributed by atoms with E-state index >= 15 is 0 Å². The minimum absolute atomic E-state index is 0.547. The smallest absolute Gasteiger partial charge is 0.0113 e. The van der Waals surface area contributed by atoms with Gasteiger partial charge in [-0.15, -0.1) is 0 Å². The molecule has 2 heterocycles. The number of likely N-dealkylation sites (tertiary alicyclic amines) is 1. The van der Waals surface area contributed by atoms with Gasteiger partial charge in [0.15, 0.2) is 0 Å². The largest absolute Gasteiger partial charge is 0.304 e. The number of hydrogen-bond donors (Lipinski definition) is 0. The Morgan fingerprint density at radius 1 is 0.955 bits per heavy atom. The second-order valence-corrected chi connectivity index (χ2v) is 8.77.